The highest BCUT2D eigenvalue weighted by Crippen LogP contribution is 2.16. The summed E-state index contributed by atoms with van der Waals surface area (Å²) in [6.07, 6.45) is 0. The molecule has 5 nitrogen and oxygen atoms in total. The zero-order valence-electron chi connectivity index (χ0n) is 10.7. The molecule has 0 atom stereocenters. The van der Waals surface area contributed by atoms with Crippen molar-refractivity contribution in [1.82, 2.24) is 9.99 Å². The molecule has 1 amide bonds. The van der Waals surface area contributed by atoms with Crippen molar-refractivity contribution in [3.8, 4) is 0 Å². The smallest absolute Gasteiger partial charge is 0.270 e. The van der Waals surface area contributed by atoms with E-state index in [4.69, 9.17) is 5.84 Å². The van der Waals surface area contributed by atoms with E-state index < -0.39 is 5.91 Å². The van der Waals surface area contributed by atoms with Crippen LogP contribution in [0, 0.1) is 0 Å². The lowest BCUT2D eigenvalue weighted by molar-refractivity contribution is 0.0951. The van der Waals surface area contributed by atoms with E-state index in [1.54, 1.807) is 10.6 Å². The highest BCUT2D eigenvalue weighted by atomic mass is 16.2. The van der Waals surface area contributed by atoms with Gasteiger partial charge in [-0.15, -0.1) is 0 Å². The summed E-state index contributed by atoms with van der Waals surface area (Å²) < 4.78 is 1.63. The molecule has 3 N–H and O–H groups in total. The first-order valence-electron chi connectivity index (χ1n) is 5.66. The summed E-state index contributed by atoms with van der Waals surface area (Å²) in [5.41, 5.74) is 2.68. The highest BCUT2D eigenvalue weighted by molar-refractivity contribution is 5.93. The number of pyridine rings is 1. The summed E-state index contributed by atoms with van der Waals surface area (Å²) in [6, 6.07) is 3.33. The molecule has 0 unspecified atom stereocenters. The number of carbonyl (C=O) groups excluding carboxylic acids is 1. The van der Waals surface area contributed by atoms with E-state index in [0.717, 1.165) is 5.69 Å². The molecule has 0 aliphatic carbocycles. The fourth-order valence-corrected chi connectivity index (χ4v) is 1.82. The van der Waals surface area contributed by atoms with Gasteiger partial charge in [0, 0.05) is 11.7 Å². The van der Waals surface area contributed by atoms with Gasteiger partial charge in [-0.1, -0.05) is 13.8 Å². The van der Waals surface area contributed by atoms with Crippen molar-refractivity contribution < 1.29 is 4.79 Å². The Labute approximate surface area is 101 Å². The Morgan fingerprint density at radius 1 is 1.29 bits per heavy atom. The number of nitrogens with one attached hydrogen (secondary N) is 1. The van der Waals surface area contributed by atoms with Gasteiger partial charge in [-0.2, -0.15) is 0 Å². The van der Waals surface area contributed by atoms with Crippen LogP contribution in [0.3, 0.4) is 0 Å². The van der Waals surface area contributed by atoms with Crippen LogP contribution in [0.15, 0.2) is 16.9 Å². The number of carbonyl (C=O) groups is 1. The minimum atomic E-state index is -0.556. The van der Waals surface area contributed by atoms with Crippen LogP contribution in [-0.2, 0) is 0 Å². The Hall–Kier alpha value is -1.62. The number of nitrogens with zero attached hydrogens (tertiary/aromatic N) is 1. The van der Waals surface area contributed by atoms with Crippen LogP contribution in [0.5, 0.6) is 0 Å². The van der Waals surface area contributed by atoms with Gasteiger partial charge in [0.2, 0.25) is 0 Å². The van der Waals surface area contributed by atoms with Crippen LogP contribution in [0.1, 0.15) is 55.7 Å². The molecule has 0 radical (unpaired) electrons. The van der Waals surface area contributed by atoms with Gasteiger partial charge in [0.25, 0.3) is 11.5 Å². The van der Waals surface area contributed by atoms with Gasteiger partial charge in [0.05, 0.1) is 0 Å². The maximum absolute atomic E-state index is 12.2. The fraction of sp³-hybridized carbons (Fsp3) is 0.500. The third-order valence-corrected chi connectivity index (χ3v) is 2.63. The Morgan fingerprint density at radius 2 is 1.88 bits per heavy atom. The molecule has 94 valence electrons. The maximum Gasteiger partial charge on any atom is 0.270 e. The summed E-state index contributed by atoms with van der Waals surface area (Å²) in [4.78, 5) is 23.6. The van der Waals surface area contributed by atoms with Gasteiger partial charge < -0.3 is 4.57 Å². The van der Waals surface area contributed by atoms with E-state index in [1.165, 1.54) is 6.07 Å². The third-order valence-electron chi connectivity index (χ3n) is 2.63. The van der Waals surface area contributed by atoms with Crippen molar-refractivity contribution in [1.29, 1.82) is 0 Å². The van der Waals surface area contributed by atoms with E-state index >= 15 is 0 Å². The number of rotatable bonds is 3. The van der Waals surface area contributed by atoms with Crippen LogP contribution >= 0.6 is 0 Å². The second-order valence-electron chi connectivity index (χ2n) is 4.57. The predicted octanol–water partition coefficient (Wildman–Crippen LogP) is 1.16. The topological polar surface area (TPSA) is 77.1 Å². The molecule has 0 saturated heterocycles. The average molecular weight is 237 g/mol. The molecule has 0 spiro atoms. The maximum atomic E-state index is 12.2. The number of hydrogen-bond acceptors (Lipinski definition) is 3. The van der Waals surface area contributed by atoms with E-state index in [9.17, 15) is 9.59 Å². The van der Waals surface area contributed by atoms with Crippen LogP contribution in [-0.4, -0.2) is 10.5 Å². The Balaban J connectivity index is 3.50. The summed E-state index contributed by atoms with van der Waals surface area (Å²) in [5.74, 6) is 4.72. The first kappa shape index (κ1) is 13.4. The van der Waals surface area contributed by atoms with Gasteiger partial charge in [-0.25, -0.2) is 5.84 Å². The molecule has 1 aromatic heterocycles. The Bertz CT molecular complexity index is 475. The molecule has 1 aromatic rings. The van der Waals surface area contributed by atoms with E-state index in [-0.39, 0.29) is 23.1 Å². The monoisotopic (exact) mass is 237 g/mol. The standard InChI is InChI=1S/C12H19N3O2/c1-7(2)10-6-5-9(11(16)14-13)12(17)15(10)8(3)4/h5-8H,13H2,1-4H3,(H,14,16). The van der Waals surface area contributed by atoms with Crippen molar-refractivity contribution >= 4 is 5.91 Å². The summed E-state index contributed by atoms with van der Waals surface area (Å²) in [6.45, 7) is 7.85. The number of hydrazine groups is 1. The van der Waals surface area contributed by atoms with Crippen molar-refractivity contribution in [3.63, 3.8) is 0 Å². The van der Waals surface area contributed by atoms with E-state index in [1.807, 2.05) is 33.1 Å². The normalized spacial score (nSPS) is 11.0. The van der Waals surface area contributed by atoms with E-state index in [0.29, 0.717) is 0 Å². The SMILES string of the molecule is CC(C)c1ccc(C(=O)NN)c(=O)n1C(C)C. The first-order chi connectivity index (χ1) is 7.90. The second kappa shape index (κ2) is 5.14. The highest BCUT2D eigenvalue weighted by Gasteiger charge is 2.17. The number of nitrogen functional groups attached to an aromatic ring is 1. The quantitative estimate of drug-likeness (QED) is 0.470. The van der Waals surface area contributed by atoms with Crippen molar-refractivity contribution in [3.05, 3.63) is 33.7 Å². The molecule has 5 heteroatoms. The second-order valence-corrected chi connectivity index (χ2v) is 4.57. The van der Waals surface area contributed by atoms with Gasteiger partial charge >= 0.3 is 0 Å². The lowest BCUT2D eigenvalue weighted by atomic mass is 10.1. The number of aromatic nitrogens is 1. The van der Waals surface area contributed by atoms with E-state index in [2.05, 4.69) is 0 Å². The number of amides is 1. The van der Waals surface area contributed by atoms with Crippen LogP contribution in [0.2, 0.25) is 0 Å². The number of nitrogens with two attached hydrogens (primary N) is 1. The molecular formula is C12H19N3O2. The van der Waals surface area contributed by atoms with Crippen LogP contribution in [0.4, 0.5) is 0 Å². The van der Waals surface area contributed by atoms with Gasteiger partial charge in [-0.3, -0.25) is 15.0 Å². The zero-order chi connectivity index (χ0) is 13.2. The molecule has 0 aliphatic heterocycles. The fourth-order valence-electron chi connectivity index (χ4n) is 1.82. The molecule has 1 rings (SSSR count). The van der Waals surface area contributed by atoms with Crippen LogP contribution < -0.4 is 16.8 Å². The zero-order valence-corrected chi connectivity index (χ0v) is 10.7. The molecule has 0 saturated carbocycles. The molecule has 0 bridgehead atoms. The van der Waals surface area contributed by atoms with Crippen molar-refractivity contribution in [2.24, 2.45) is 5.84 Å². The minimum absolute atomic E-state index is 0.00502. The molecular weight excluding hydrogens is 218 g/mol. The Kier molecular flexibility index (Phi) is 4.07. The lowest BCUT2D eigenvalue weighted by Crippen LogP contribution is -2.38. The average Bonchev–Trinajstić information content (AvgIpc) is 2.26. The third kappa shape index (κ3) is 2.55. The van der Waals surface area contributed by atoms with Gasteiger partial charge in [0.15, 0.2) is 0 Å². The summed E-state index contributed by atoms with van der Waals surface area (Å²) in [5, 5.41) is 0. The summed E-state index contributed by atoms with van der Waals surface area (Å²) in [7, 11) is 0. The molecule has 1 heterocycles. The molecule has 0 fully saturated rings. The molecule has 0 aliphatic rings. The number of hydrogen-bond donors (Lipinski definition) is 2. The van der Waals surface area contributed by atoms with Crippen molar-refractivity contribution in [2.75, 3.05) is 0 Å². The van der Waals surface area contributed by atoms with Gasteiger partial charge in [0.1, 0.15) is 5.56 Å². The van der Waals surface area contributed by atoms with Crippen LogP contribution in [0.25, 0.3) is 0 Å². The summed E-state index contributed by atoms with van der Waals surface area (Å²) >= 11 is 0. The minimum Gasteiger partial charge on any atom is -0.309 e. The van der Waals surface area contributed by atoms with Gasteiger partial charge in [-0.05, 0) is 31.9 Å². The molecule has 0 aromatic carbocycles. The lowest BCUT2D eigenvalue weighted by Gasteiger charge is -2.19. The Morgan fingerprint density at radius 3 is 2.29 bits per heavy atom. The first-order valence-corrected chi connectivity index (χ1v) is 5.66. The van der Waals surface area contributed by atoms with Crippen molar-refractivity contribution in [2.45, 2.75) is 39.7 Å². The molecule has 17 heavy (non-hydrogen) atoms. The largest absolute Gasteiger partial charge is 0.309 e. The predicted molar refractivity (Wildman–Crippen MR) is 66.8 cm³/mol.